The van der Waals surface area contributed by atoms with Crippen molar-refractivity contribution in [2.45, 2.75) is 13.5 Å². The fraction of sp³-hybridized carbons (Fsp3) is 0.588. The number of amides is 1. The number of nitrogens with zero attached hydrogens (tertiary/aromatic N) is 2. The molecule has 0 radical (unpaired) electrons. The Balaban J connectivity index is 1.62. The van der Waals surface area contributed by atoms with Crippen LogP contribution in [0.3, 0.4) is 0 Å². The minimum absolute atomic E-state index is 0.0604. The van der Waals surface area contributed by atoms with Gasteiger partial charge in [0.15, 0.2) is 0 Å². The average Bonchev–Trinajstić information content (AvgIpc) is 2.56. The highest BCUT2D eigenvalue weighted by atomic mass is 16.1. The first-order chi connectivity index (χ1) is 10.7. The van der Waals surface area contributed by atoms with E-state index in [1.54, 1.807) is 0 Å². The fourth-order valence-electron chi connectivity index (χ4n) is 2.63. The van der Waals surface area contributed by atoms with Crippen LogP contribution in [-0.2, 0) is 11.3 Å². The minimum atomic E-state index is -0.0947. The Labute approximate surface area is 133 Å². The SMILES string of the molecule is CC(CN)C(=O)NCCN1CCN(Cc2ccccc2)CC1. The van der Waals surface area contributed by atoms with Gasteiger partial charge in [0.05, 0.1) is 0 Å². The first-order valence-electron chi connectivity index (χ1n) is 8.15. The van der Waals surface area contributed by atoms with Gasteiger partial charge >= 0.3 is 0 Å². The molecule has 0 saturated carbocycles. The quantitative estimate of drug-likeness (QED) is 0.771. The molecule has 22 heavy (non-hydrogen) atoms. The third-order valence-corrected chi connectivity index (χ3v) is 4.24. The van der Waals surface area contributed by atoms with Crippen LogP contribution in [0.25, 0.3) is 0 Å². The van der Waals surface area contributed by atoms with Gasteiger partial charge < -0.3 is 11.1 Å². The lowest BCUT2D eigenvalue weighted by Gasteiger charge is -2.34. The number of piperazine rings is 1. The fourth-order valence-corrected chi connectivity index (χ4v) is 2.63. The summed E-state index contributed by atoms with van der Waals surface area (Å²) in [5, 5.41) is 2.96. The van der Waals surface area contributed by atoms with E-state index < -0.39 is 0 Å². The third kappa shape index (κ3) is 5.40. The van der Waals surface area contributed by atoms with Gasteiger partial charge in [0.25, 0.3) is 0 Å². The third-order valence-electron chi connectivity index (χ3n) is 4.24. The van der Waals surface area contributed by atoms with Crippen molar-refractivity contribution in [3.8, 4) is 0 Å². The standard InChI is InChI=1S/C17H28N4O/c1-15(13-18)17(22)19-7-8-20-9-11-21(12-10-20)14-16-5-3-2-4-6-16/h2-6,15H,7-14,18H2,1H3,(H,19,22). The van der Waals surface area contributed by atoms with Crippen molar-refractivity contribution in [1.82, 2.24) is 15.1 Å². The minimum Gasteiger partial charge on any atom is -0.355 e. The van der Waals surface area contributed by atoms with Crippen molar-refractivity contribution in [2.24, 2.45) is 11.7 Å². The van der Waals surface area contributed by atoms with Crippen LogP contribution in [0.4, 0.5) is 0 Å². The molecule has 122 valence electrons. The number of carbonyl (C=O) groups is 1. The molecule has 0 spiro atoms. The van der Waals surface area contributed by atoms with Crippen LogP contribution in [0.1, 0.15) is 12.5 Å². The molecule has 1 unspecified atom stereocenters. The molecule has 5 nitrogen and oxygen atoms in total. The lowest BCUT2D eigenvalue weighted by Crippen LogP contribution is -2.48. The maximum absolute atomic E-state index is 11.7. The highest BCUT2D eigenvalue weighted by Gasteiger charge is 2.17. The Bertz CT molecular complexity index is 443. The summed E-state index contributed by atoms with van der Waals surface area (Å²) in [7, 11) is 0. The summed E-state index contributed by atoms with van der Waals surface area (Å²) in [5.41, 5.74) is 6.86. The second-order valence-electron chi connectivity index (χ2n) is 6.03. The van der Waals surface area contributed by atoms with E-state index in [9.17, 15) is 4.79 Å². The lowest BCUT2D eigenvalue weighted by molar-refractivity contribution is -0.124. The molecule has 5 heteroatoms. The van der Waals surface area contributed by atoms with E-state index in [1.165, 1.54) is 5.56 Å². The van der Waals surface area contributed by atoms with Crippen molar-refractivity contribution in [3.63, 3.8) is 0 Å². The molecule has 1 fully saturated rings. The second-order valence-corrected chi connectivity index (χ2v) is 6.03. The van der Waals surface area contributed by atoms with Gasteiger partial charge in [0, 0.05) is 58.3 Å². The maximum Gasteiger partial charge on any atom is 0.224 e. The summed E-state index contributed by atoms with van der Waals surface area (Å²) in [6.45, 7) is 9.22. The number of rotatable bonds is 7. The Morgan fingerprint density at radius 3 is 2.45 bits per heavy atom. The Hall–Kier alpha value is -1.43. The highest BCUT2D eigenvalue weighted by molar-refractivity contribution is 5.78. The van der Waals surface area contributed by atoms with E-state index in [0.717, 1.165) is 39.3 Å². The van der Waals surface area contributed by atoms with Gasteiger partial charge in [0.1, 0.15) is 0 Å². The number of carbonyl (C=O) groups excluding carboxylic acids is 1. The van der Waals surface area contributed by atoms with Crippen molar-refractivity contribution >= 4 is 5.91 Å². The number of benzene rings is 1. The summed E-state index contributed by atoms with van der Waals surface area (Å²) in [5.74, 6) is -0.0343. The molecular formula is C17H28N4O. The zero-order chi connectivity index (χ0) is 15.8. The Morgan fingerprint density at radius 1 is 1.18 bits per heavy atom. The molecule has 0 aromatic heterocycles. The molecule has 0 aliphatic carbocycles. The number of nitrogens with two attached hydrogens (primary N) is 1. The van der Waals surface area contributed by atoms with Gasteiger partial charge in [-0.05, 0) is 5.56 Å². The smallest absolute Gasteiger partial charge is 0.224 e. The van der Waals surface area contributed by atoms with E-state index in [2.05, 4.69) is 45.4 Å². The molecule has 2 rings (SSSR count). The van der Waals surface area contributed by atoms with Crippen LogP contribution >= 0.6 is 0 Å². The molecule has 1 aliphatic rings. The Kier molecular flexibility index (Phi) is 6.83. The van der Waals surface area contributed by atoms with E-state index in [0.29, 0.717) is 13.1 Å². The van der Waals surface area contributed by atoms with E-state index >= 15 is 0 Å². The van der Waals surface area contributed by atoms with Crippen molar-refractivity contribution in [3.05, 3.63) is 35.9 Å². The van der Waals surface area contributed by atoms with E-state index in [4.69, 9.17) is 5.73 Å². The summed E-state index contributed by atoms with van der Waals surface area (Å²) in [6.07, 6.45) is 0. The highest BCUT2D eigenvalue weighted by Crippen LogP contribution is 2.07. The molecule has 1 heterocycles. The van der Waals surface area contributed by atoms with Crippen molar-refractivity contribution in [2.75, 3.05) is 45.8 Å². The number of hydrogen-bond acceptors (Lipinski definition) is 4. The van der Waals surface area contributed by atoms with Crippen molar-refractivity contribution in [1.29, 1.82) is 0 Å². The molecule has 1 aromatic carbocycles. The lowest BCUT2D eigenvalue weighted by atomic mass is 10.2. The normalized spacial score (nSPS) is 18.1. The second kappa shape index (κ2) is 8.88. The van der Waals surface area contributed by atoms with Crippen LogP contribution in [-0.4, -0.2) is 61.5 Å². The monoisotopic (exact) mass is 304 g/mol. The summed E-state index contributed by atoms with van der Waals surface area (Å²) >= 11 is 0. The van der Waals surface area contributed by atoms with Crippen molar-refractivity contribution < 1.29 is 4.79 Å². The average molecular weight is 304 g/mol. The summed E-state index contributed by atoms with van der Waals surface area (Å²) < 4.78 is 0. The first-order valence-corrected chi connectivity index (χ1v) is 8.15. The first kappa shape index (κ1) is 16.9. The van der Waals surface area contributed by atoms with Gasteiger partial charge in [-0.3, -0.25) is 14.6 Å². The predicted molar refractivity (Wildman–Crippen MR) is 89.4 cm³/mol. The van der Waals surface area contributed by atoms with E-state index in [1.807, 2.05) is 6.92 Å². The van der Waals surface area contributed by atoms with Crippen LogP contribution in [0.15, 0.2) is 30.3 Å². The van der Waals surface area contributed by atoms with Crippen LogP contribution in [0.2, 0.25) is 0 Å². The molecule has 1 saturated heterocycles. The summed E-state index contributed by atoms with van der Waals surface area (Å²) in [6, 6.07) is 10.6. The van der Waals surface area contributed by atoms with Crippen LogP contribution in [0.5, 0.6) is 0 Å². The number of hydrogen-bond donors (Lipinski definition) is 2. The maximum atomic E-state index is 11.7. The molecule has 3 N–H and O–H groups in total. The zero-order valence-corrected chi connectivity index (χ0v) is 13.5. The number of nitrogens with one attached hydrogen (secondary N) is 1. The molecule has 1 aromatic rings. The largest absolute Gasteiger partial charge is 0.355 e. The van der Waals surface area contributed by atoms with Crippen LogP contribution in [0, 0.1) is 5.92 Å². The molecule has 0 bridgehead atoms. The topological polar surface area (TPSA) is 61.6 Å². The van der Waals surface area contributed by atoms with Gasteiger partial charge in [-0.25, -0.2) is 0 Å². The van der Waals surface area contributed by atoms with Crippen LogP contribution < -0.4 is 11.1 Å². The van der Waals surface area contributed by atoms with Gasteiger partial charge in [-0.15, -0.1) is 0 Å². The zero-order valence-electron chi connectivity index (χ0n) is 13.5. The van der Waals surface area contributed by atoms with Gasteiger partial charge in [0.2, 0.25) is 5.91 Å². The predicted octanol–water partition coefficient (Wildman–Crippen LogP) is 0.515. The van der Waals surface area contributed by atoms with E-state index in [-0.39, 0.29) is 11.8 Å². The molecular weight excluding hydrogens is 276 g/mol. The Morgan fingerprint density at radius 2 is 1.82 bits per heavy atom. The van der Waals surface area contributed by atoms with Gasteiger partial charge in [-0.2, -0.15) is 0 Å². The molecule has 1 atom stereocenters. The summed E-state index contributed by atoms with van der Waals surface area (Å²) in [4.78, 5) is 16.6. The molecule has 1 aliphatic heterocycles. The van der Waals surface area contributed by atoms with Gasteiger partial charge in [-0.1, -0.05) is 37.3 Å². The molecule has 1 amide bonds.